The molecule has 0 aliphatic rings. The minimum absolute atomic E-state index is 0.378. The highest BCUT2D eigenvalue weighted by Crippen LogP contribution is 2.19. The number of benzene rings is 2. The fourth-order valence-corrected chi connectivity index (χ4v) is 3.06. The van der Waals surface area contributed by atoms with E-state index in [-0.39, 0.29) is 5.91 Å². The van der Waals surface area contributed by atoms with E-state index in [1.54, 1.807) is 28.9 Å². The van der Waals surface area contributed by atoms with Crippen molar-refractivity contribution in [3.05, 3.63) is 82.1 Å². The molecular formula is C21H21ClN4O2. The van der Waals surface area contributed by atoms with Gasteiger partial charge in [0.25, 0.3) is 11.8 Å². The van der Waals surface area contributed by atoms with Gasteiger partial charge in [0.15, 0.2) is 0 Å². The fourth-order valence-electron chi connectivity index (χ4n) is 2.88. The van der Waals surface area contributed by atoms with E-state index < -0.39 is 5.91 Å². The second-order valence-electron chi connectivity index (χ2n) is 6.21. The number of hydrogen-bond donors (Lipinski definition) is 2. The van der Waals surface area contributed by atoms with Crippen molar-refractivity contribution < 1.29 is 9.59 Å². The molecule has 0 aliphatic heterocycles. The summed E-state index contributed by atoms with van der Waals surface area (Å²) in [6.45, 7) is 3.98. The van der Waals surface area contributed by atoms with Crippen LogP contribution >= 0.6 is 11.6 Å². The lowest BCUT2D eigenvalue weighted by molar-refractivity contribution is 0.0846. The summed E-state index contributed by atoms with van der Waals surface area (Å²) in [5, 5.41) is 4.89. The van der Waals surface area contributed by atoms with Crippen molar-refractivity contribution in [2.75, 3.05) is 0 Å². The van der Waals surface area contributed by atoms with Gasteiger partial charge in [-0.15, -0.1) is 0 Å². The average Bonchev–Trinajstić information content (AvgIpc) is 3.16. The lowest BCUT2D eigenvalue weighted by Crippen LogP contribution is -2.41. The van der Waals surface area contributed by atoms with Crippen molar-refractivity contribution in [2.45, 2.75) is 26.7 Å². The molecule has 0 fully saturated rings. The van der Waals surface area contributed by atoms with Gasteiger partial charge < -0.3 is 0 Å². The van der Waals surface area contributed by atoms with Crippen LogP contribution in [0.25, 0.3) is 5.69 Å². The monoisotopic (exact) mass is 396 g/mol. The van der Waals surface area contributed by atoms with E-state index in [1.807, 2.05) is 38.1 Å². The Morgan fingerprint density at radius 3 is 2.36 bits per heavy atom. The highest BCUT2D eigenvalue weighted by molar-refractivity contribution is 6.30. The van der Waals surface area contributed by atoms with E-state index in [0.717, 1.165) is 23.4 Å². The largest absolute Gasteiger partial charge is 0.273 e. The minimum Gasteiger partial charge on any atom is -0.267 e. The second-order valence-corrected chi connectivity index (χ2v) is 6.65. The van der Waals surface area contributed by atoms with Gasteiger partial charge in [0.2, 0.25) is 0 Å². The summed E-state index contributed by atoms with van der Waals surface area (Å²) >= 11 is 6.05. The summed E-state index contributed by atoms with van der Waals surface area (Å²) in [6, 6.07) is 14.5. The number of nitrogens with one attached hydrogen (secondary N) is 2. The number of hydrogen-bond acceptors (Lipinski definition) is 3. The fraction of sp³-hybridized carbons (Fsp3) is 0.190. The summed E-state index contributed by atoms with van der Waals surface area (Å²) in [7, 11) is 0. The van der Waals surface area contributed by atoms with Gasteiger partial charge in [0, 0.05) is 10.6 Å². The number of aromatic nitrogens is 2. The zero-order chi connectivity index (χ0) is 20.1. The molecule has 2 amide bonds. The standard InChI is InChI=1S/C21H21ClN4O2/c1-3-14-8-10-15(11-9-14)20(27)24-25-21(28)18-13-23-26(19(18)4-2)17-7-5-6-16(22)12-17/h5-13H,3-4H2,1-2H3,(H,24,27)(H,25,28). The first-order chi connectivity index (χ1) is 13.5. The van der Waals surface area contributed by atoms with Crippen LogP contribution in [0.1, 0.15) is 45.8 Å². The molecule has 144 valence electrons. The third kappa shape index (κ3) is 4.23. The molecule has 0 aliphatic carbocycles. The number of carbonyl (C=O) groups is 2. The van der Waals surface area contributed by atoms with E-state index >= 15 is 0 Å². The van der Waals surface area contributed by atoms with E-state index in [1.165, 1.54) is 6.20 Å². The van der Waals surface area contributed by atoms with Crippen molar-refractivity contribution >= 4 is 23.4 Å². The molecule has 0 saturated carbocycles. The molecule has 0 unspecified atom stereocenters. The van der Waals surface area contributed by atoms with Gasteiger partial charge in [-0.3, -0.25) is 20.4 Å². The Morgan fingerprint density at radius 2 is 1.71 bits per heavy atom. The molecular weight excluding hydrogens is 376 g/mol. The summed E-state index contributed by atoms with van der Waals surface area (Å²) in [4.78, 5) is 24.8. The molecule has 0 radical (unpaired) electrons. The number of carbonyl (C=O) groups excluding carboxylic acids is 2. The lowest BCUT2D eigenvalue weighted by Gasteiger charge is -2.10. The molecule has 7 heteroatoms. The topological polar surface area (TPSA) is 76.0 Å². The van der Waals surface area contributed by atoms with E-state index in [9.17, 15) is 9.59 Å². The van der Waals surface area contributed by atoms with Gasteiger partial charge in [-0.25, -0.2) is 4.68 Å². The van der Waals surface area contributed by atoms with Crippen LogP contribution < -0.4 is 10.9 Å². The van der Waals surface area contributed by atoms with Crippen LogP contribution in [0.2, 0.25) is 5.02 Å². The van der Waals surface area contributed by atoms with Gasteiger partial charge in [-0.1, -0.05) is 43.6 Å². The molecule has 0 bridgehead atoms. The predicted octanol–water partition coefficient (Wildman–Crippen LogP) is 3.73. The molecule has 0 saturated heterocycles. The number of halogens is 1. The maximum absolute atomic E-state index is 12.6. The van der Waals surface area contributed by atoms with Crippen LogP contribution in [-0.2, 0) is 12.8 Å². The lowest BCUT2D eigenvalue weighted by atomic mass is 10.1. The van der Waals surface area contributed by atoms with E-state index in [2.05, 4.69) is 16.0 Å². The molecule has 3 aromatic rings. The predicted molar refractivity (Wildman–Crippen MR) is 109 cm³/mol. The van der Waals surface area contributed by atoms with Crippen molar-refractivity contribution in [3.63, 3.8) is 0 Å². The summed E-state index contributed by atoms with van der Waals surface area (Å²) in [5.74, 6) is -0.806. The molecule has 0 spiro atoms. The van der Waals surface area contributed by atoms with Crippen LogP contribution in [-0.4, -0.2) is 21.6 Å². The second kappa shape index (κ2) is 8.71. The van der Waals surface area contributed by atoms with Crippen LogP contribution in [0.3, 0.4) is 0 Å². The zero-order valence-electron chi connectivity index (χ0n) is 15.7. The van der Waals surface area contributed by atoms with Crippen LogP contribution in [0, 0.1) is 0 Å². The molecule has 6 nitrogen and oxygen atoms in total. The Balaban J connectivity index is 1.73. The van der Waals surface area contributed by atoms with Crippen LogP contribution in [0.4, 0.5) is 0 Å². The molecule has 3 rings (SSSR count). The summed E-state index contributed by atoms with van der Waals surface area (Å²) < 4.78 is 1.67. The number of amides is 2. The highest BCUT2D eigenvalue weighted by atomic mass is 35.5. The zero-order valence-corrected chi connectivity index (χ0v) is 16.5. The summed E-state index contributed by atoms with van der Waals surface area (Å²) in [6.07, 6.45) is 2.97. The van der Waals surface area contributed by atoms with Crippen molar-refractivity contribution in [1.29, 1.82) is 0 Å². The van der Waals surface area contributed by atoms with Crippen molar-refractivity contribution in [3.8, 4) is 5.69 Å². The number of hydrazine groups is 1. The Labute approximate surface area is 168 Å². The average molecular weight is 397 g/mol. The Bertz CT molecular complexity index is 996. The third-order valence-corrected chi connectivity index (χ3v) is 4.65. The quantitative estimate of drug-likeness (QED) is 0.645. The maximum atomic E-state index is 12.6. The van der Waals surface area contributed by atoms with Crippen LogP contribution in [0.15, 0.2) is 54.7 Å². The van der Waals surface area contributed by atoms with E-state index in [0.29, 0.717) is 22.6 Å². The first kappa shape index (κ1) is 19.6. The Kier molecular flexibility index (Phi) is 6.11. The van der Waals surface area contributed by atoms with Crippen molar-refractivity contribution in [1.82, 2.24) is 20.6 Å². The first-order valence-corrected chi connectivity index (χ1v) is 9.43. The number of aryl methyl sites for hydroxylation is 1. The Hall–Kier alpha value is -3.12. The van der Waals surface area contributed by atoms with Crippen molar-refractivity contribution in [2.24, 2.45) is 0 Å². The van der Waals surface area contributed by atoms with Gasteiger partial charge in [-0.05, 0) is 48.7 Å². The molecule has 2 N–H and O–H groups in total. The molecule has 2 aromatic carbocycles. The maximum Gasteiger partial charge on any atom is 0.273 e. The van der Waals surface area contributed by atoms with Gasteiger partial charge in [0.05, 0.1) is 23.1 Å². The van der Waals surface area contributed by atoms with Gasteiger partial charge in [-0.2, -0.15) is 5.10 Å². The molecule has 0 atom stereocenters. The van der Waals surface area contributed by atoms with E-state index in [4.69, 9.17) is 11.6 Å². The minimum atomic E-state index is -0.427. The van der Waals surface area contributed by atoms with Gasteiger partial charge in [0.1, 0.15) is 0 Å². The van der Waals surface area contributed by atoms with Crippen LogP contribution in [0.5, 0.6) is 0 Å². The summed E-state index contributed by atoms with van der Waals surface area (Å²) in [5.41, 5.74) is 8.40. The first-order valence-electron chi connectivity index (χ1n) is 9.06. The molecule has 1 heterocycles. The smallest absolute Gasteiger partial charge is 0.267 e. The Morgan fingerprint density at radius 1 is 1.00 bits per heavy atom. The normalized spacial score (nSPS) is 10.5. The number of rotatable bonds is 5. The third-order valence-electron chi connectivity index (χ3n) is 4.42. The number of nitrogens with zero attached hydrogens (tertiary/aromatic N) is 2. The molecule has 1 aromatic heterocycles. The SMILES string of the molecule is CCc1ccc(C(=O)NNC(=O)c2cnn(-c3cccc(Cl)c3)c2CC)cc1. The van der Waals surface area contributed by atoms with Gasteiger partial charge >= 0.3 is 0 Å². The molecule has 28 heavy (non-hydrogen) atoms. The highest BCUT2D eigenvalue weighted by Gasteiger charge is 2.18.